The van der Waals surface area contributed by atoms with Crippen molar-refractivity contribution in [2.75, 3.05) is 31.1 Å². The van der Waals surface area contributed by atoms with E-state index in [1.807, 2.05) is 6.92 Å². The summed E-state index contributed by atoms with van der Waals surface area (Å²) in [5, 5.41) is 9.54. The van der Waals surface area contributed by atoms with E-state index in [0.717, 1.165) is 26.2 Å². The first-order valence-corrected chi connectivity index (χ1v) is 6.85. The molecule has 18 heavy (non-hydrogen) atoms. The lowest BCUT2D eigenvalue weighted by Gasteiger charge is -2.37. The summed E-state index contributed by atoms with van der Waals surface area (Å²) in [6.45, 7) is 10.1. The predicted octanol–water partition coefficient (Wildman–Crippen LogP) is 2.27. The second-order valence-corrected chi connectivity index (χ2v) is 5.40. The van der Waals surface area contributed by atoms with Gasteiger partial charge < -0.3 is 10.0 Å². The summed E-state index contributed by atoms with van der Waals surface area (Å²) in [6, 6.07) is 8.88. The van der Waals surface area contributed by atoms with E-state index in [-0.39, 0.29) is 6.23 Å². The third kappa shape index (κ3) is 3.03. The molecule has 1 fully saturated rings. The zero-order valence-corrected chi connectivity index (χ0v) is 11.6. The molecule has 1 heterocycles. The van der Waals surface area contributed by atoms with Crippen LogP contribution in [0.3, 0.4) is 0 Å². The lowest BCUT2D eigenvalue weighted by atomic mass is 10.0. The minimum Gasteiger partial charge on any atom is -0.379 e. The number of rotatable bonds is 3. The zero-order chi connectivity index (χ0) is 13.1. The lowest BCUT2D eigenvalue weighted by molar-refractivity contribution is 0.0153. The van der Waals surface area contributed by atoms with Crippen molar-refractivity contribution in [1.82, 2.24) is 4.90 Å². The number of anilines is 1. The van der Waals surface area contributed by atoms with Gasteiger partial charge in [0.15, 0.2) is 0 Å². The molecule has 3 nitrogen and oxygen atoms in total. The van der Waals surface area contributed by atoms with E-state index in [1.165, 1.54) is 11.3 Å². The molecule has 1 N–H and O–H groups in total. The lowest BCUT2D eigenvalue weighted by Crippen LogP contribution is -2.49. The summed E-state index contributed by atoms with van der Waals surface area (Å²) in [7, 11) is 0. The Kier molecular flexibility index (Phi) is 4.25. The molecule has 0 amide bonds. The van der Waals surface area contributed by atoms with Crippen LogP contribution < -0.4 is 4.90 Å². The van der Waals surface area contributed by atoms with Crippen LogP contribution in [0.1, 0.15) is 32.3 Å². The predicted molar refractivity (Wildman–Crippen MR) is 76.0 cm³/mol. The van der Waals surface area contributed by atoms with Crippen molar-refractivity contribution in [3.05, 3.63) is 29.8 Å². The first-order valence-electron chi connectivity index (χ1n) is 6.85. The van der Waals surface area contributed by atoms with Gasteiger partial charge in [0, 0.05) is 31.9 Å². The van der Waals surface area contributed by atoms with E-state index < -0.39 is 0 Å². The fourth-order valence-corrected chi connectivity index (χ4v) is 2.42. The number of aliphatic hydroxyl groups is 1. The molecule has 1 aromatic rings. The molecule has 1 aromatic carbocycles. The minimum atomic E-state index is -0.324. The number of benzene rings is 1. The van der Waals surface area contributed by atoms with Gasteiger partial charge in [0.05, 0.1) is 0 Å². The Morgan fingerprint density at radius 1 is 0.944 bits per heavy atom. The van der Waals surface area contributed by atoms with E-state index >= 15 is 0 Å². The highest BCUT2D eigenvalue weighted by molar-refractivity contribution is 5.48. The Hall–Kier alpha value is -1.06. The maximum atomic E-state index is 9.54. The van der Waals surface area contributed by atoms with Crippen molar-refractivity contribution >= 4 is 5.69 Å². The maximum Gasteiger partial charge on any atom is 0.104 e. The van der Waals surface area contributed by atoms with E-state index in [0.29, 0.717) is 5.92 Å². The van der Waals surface area contributed by atoms with E-state index in [9.17, 15) is 5.11 Å². The van der Waals surface area contributed by atoms with Crippen LogP contribution in [0.25, 0.3) is 0 Å². The zero-order valence-electron chi connectivity index (χ0n) is 11.6. The number of hydrogen-bond acceptors (Lipinski definition) is 3. The van der Waals surface area contributed by atoms with Crippen molar-refractivity contribution in [2.24, 2.45) is 0 Å². The molecule has 0 aliphatic carbocycles. The molecule has 1 unspecified atom stereocenters. The van der Waals surface area contributed by atoms with Crippen LogP contribution in [-0.2, 0) is 0 Å². The maximum absolute atomic E-state index is 9.54. The van der Waals surface area contributed by atoms with Crippen molar-refractivity contribution < 1.29 is 5.11 Å². The molecule has 100 valence electrons. The van der Waals surface area contributed by atoms with Crippen LogP contribution in [0, 0.1) is 0 Å². The second-order valence-electron chi connectivity index (χ2n) is 5.40. The summed E-state index contributed by atoms with van der Waals surface area (Å²) >= 11 is 0. The molecular weight excluding hydrogens is 224 g/mol. The summed E-state index contributed by atoms with van der Waals surface area (Å²) < 4.78 is 0. The minimum absolute atomic E-state index is 0.324. The van der Waals surface area contributed by atoms with Crippen LogP contribution in [0.15, 0.2) is 24.3 Å². The molecule has 0 aromatic heterocycles. The number of piperazine rings is 1. The Balaban J connectivity index is 1.97. The highest BCUT2D eigenvalue weighted by atomic mass is 16.3. The Morgan fingerprint density at radius 2 is 1.50 bits per heavy atom. The molecule has 3 heteroatoms. The summed E-state index contributed by atoms with van der Waals surface area (Å²) in [4.78, 5) is 4.50. The fraction of sp³-hybridized carbons (Fsp3) is 0.600. The van der Waals surface area contributed by atoms with Gasteiger partial charge in [-0.15, -0.1) is 0 Å². The number of aliphatic hydroxyl groups excluding tert-OH is 1. The van der Waals surface area contributed by atoms with Gasteiger partial charge in [-0.3, -0.25) is 4.90 Å². The molecule has 1 aliphatic heterocycles. The standard InChI is InChI=1S/C15H24N2O/c1-12(2)14-4-6-15(7-5-14)17-10-8-16(9-11-17)13(3)18/h4-7,12-13,18H,8-11H2,1-3H3. The highest BCUT2D eigenvalue weighted by Crippen LogP contribution is 2.21. The van der Waals surface area contributed by atoms with Gasteiger partial charge in [-0.05, 0) is 30.5 Å². The van der Waals surface area contributed by atoms with Gasteiger partial charge in [-0.2, -0.15) is 0 Å². The molecule has 0 saturated carbocycles. The van der Waals surface area contributed by atoms with Crippen molar-refractivity contribution in [1.29, 1.82) is 0 Å². The van der Waals surface area contributed by atoms with Crippen molar-refractivity contribution in [2.45, 2.75) is 32.9 Å². The molecule has 2 rings (SSSR count). The number of hydrogen-bond donors (Lipinski definition) is 1. The van der Waals surface area contributed by atoms with Crippen LogP contribution in [0.4, 0.5) is 5.69 Å². The molecule has 0 radical (unpaired) electrons. The van der Waals surface area contributed by atoms with Crippen LogP contribution in [-0.4, -0.2) is 42.4 Å². The Labute approximate surface area is 110 Å². The first-order chi connectivity index (χ1) is 8.58. The van der Waals surface area contributed by atoms with Gasteiger partial charge in [0.1, 0.15) is 6.23 Å². The Morgan fingerprint density at radius 3 is 1.94 bits per heavy atom. The molecule has 1 saturated heterocycles. The van der Waals surface area contributed by atoms with E-state index in [4.69, 9.17) is 0 Å². The van der Waals surface area contributed by atoms with E-state index in [2.05, 4.69) is 47.9 Å². The summed E-state index contributed by atoms with van der Waals surface area (Å²) in [5.41, 5.74) is 2.69. The first kappa shape index (κ1) is 13.4. The normalized spacial score (nSPS) is 19.3. The van der Waals surface area contributed by atoms with Gasteiger partial charge in [-0.1, -0.05) is 26.0 Å². The monoisotopic (exact) mass is 248 g/mol. The van der Waals surface area contributed by atoms with E-state index in [1.54, 1.807) is 0 Å². The molecule has 0 bridgehead atoms. The summed E-state index contributed by atoms with van der Waals surface area (Å²) in [5.74, 6) is 0.589. The summed E-state index contributed by atoms with van der Waals surface area (Å²) in [6.07, 6.45) is -0.324. The molecular formula is C15H24N2O. The molecule has 1 aliphatic rings. The molecule has 1 atom stereocenters. The van der Waals surface area contributed by atoms with Crippen molar-refractivity contribution in [3.8, 4) is 0 Å². The van der Waals surface area contributed by atoms with Gasteiger partial charge in [-0.25, -0.2) is 0 Å². The molecule has 0 spiro atoms. The topological polar surface area (TPSA) is 26.7 Å². The van der Waals surface area contributed by atoms with Gasteiger partial charge >= 0.3 is 0 Å². The van der Waals surface area contributed by atoms with Crippen LogP contribution >= 0.6 is 0 Å². The third-order valence-electron chi connectivity index (χ3n) is 3.77. The fourth-order valence-electron chi connectivity index (χ4n) is 2.42. The Bertz CT molecular complexity index is 365. The van der Waals surface area contributed by atoms with Gasteiger partial charge in [0.2, 0.25) is 0 Å². The number of nitrogens with zero attached hydrogens (tertiary/aromatic N) is 2. The van der Waals surface area contributed by atoms with Gasteiger partial charge in [0.25, 0.3) is 0 Å². The smallest absolute Gasteiger partial charge is 0.104 e. The highest BCUT2D eigenvalue weighted by Gasteiger charge is 2.19. The average Bonchev–Trinajstić information content (AvgIpc) is 2.39. The quantitative estimate of drug-likeness (QED) is 0.889. The SMILES string of the molecule is CC(C)c1ccc(N2CCN(C(C)O)CC2)cc1. The average molecular weight is 248 g/mol. The van der Waals surface area contributed by atoms with Crippen LogP contribution in [0.5, 0.6) is 0 Å². The van der Waals surface area contributed by atoms with Crippen LogP contribution in [0.2, 0.25) is 0 Å². The second kappa shape index (κ2) is 5.72. The third-order valence-corrected chi connectivity index (χ3v) is 3.77. The largest absolute Gasteiger partial charge is 0.379 e. The van der Waals surface area contributed by atoms with Crippen molar-refractivity contribution in [3.63, 3.8) is 0 Å².